The maximum atomic E-state index is 14.1. The molecule has 0 heterocycles. The second-order valence-corrected chi connectivity index (χ2v) is 9.33. The molecule has 0 unspecified atom stereocenters. The summed E-state index contributed by atoms with van der Waals surface area (Å²) in [6.07, 6.45) is 2.03. The van der Waals surface area contributed by atoms with Crippen molar-refractivity contribution in [1.82, 2.24) is 5.32 Å². The zero-order valence-electron chi connectivity index (χ0n) is 17.4. The van der Waals surface area contributed by atoms with Crippen LogP contribution in [0.1, 0.15) is 53.0 Å². The molecule has 3 N–H and O–H groups in total. The Morgan fingerprint density at radius 1 is 1.28 bits per heavy atom. The minimum Gasteiger partial charge on any atom is -0.444 e. The predicted octanol–water partition coefficient (Wildman–Crippen LogP) is 4.99. The van der Waals surface area contributed by atoms with E-state index >= 15 is 0 Å². The van der Waals surface area contributed by atoms with E-state index in [9.17, 15) is 13.6 Å². The van der Waals surface area contributed by atoms with Crippen LogP contribution in [0.3, 0.4) is 0 Å². The molecule has 156 valence electrons. The molecule has 1 amide bonds. The number of amides is 1. The largest absolute Gasteiger partial charge is 0.444 e. The Bertz CT molecular complexity index is 910. The van der Waals surface area contributed by atoms with Crippen LogP contribution in [0, 0.1) is 33.8 Å². The zero-order valence-corrected chi connectivity index (χ0v) is 17.4. The number of fused-ring (bicyclic) bond motifs is 2. The van der Waals surface area contributed by atoms with Gasteiger partial charge in [0.05, 0.1) is 22.5 Å². The van der Waals surface area contributed by atoms with Gasteiger partial charge in [0.2, 0.25) is 0 Å². The first-order valence-corrected chi connectivity index (χ1v) is 9.65. The Labute approximate surface area is 169 Å². The van der Waals surface area contributed by atoms with Gasteiger partial charge in [-0.15, -0.1) is 0 Å². The van der Waals surface area contributed by atoms with Crippen molar-refractivity contribution in [2.45, 2.75) is 58.6 Å². The van der Waals surface area contributed by atoms with Crippen molar-refractivity contribution in [2.75, 3.05) is 0 Å². The number of carbonyl (C=O) groups excluding carboxylic acids is 1. The molecule has 0 radical (unpaired) electrons. The van der Waals surface area contributed by atoms with E-state index in [4.69, 9.17) is 15.6 Å². The molecular weight excluding hydrogens is 376 g/mol. The van der Waals surface area contributed by atoms with Crippen LogP contribution < -0.4 is 5.32 Å². The molecule has 29 heavy (non-hydrogen) atoms. The highest BCUT2D eigenvalue weighted by Gasteiger charge is 2.65. The van der Waals surface area contributed by atoms with Crippen molar-refractivity contribution in [3.8, 4) is 0 Å². The third-order valence-electron chi connectivity index (χ3n) is 6.12. The fourth-order valence-electron chi connectivity index (χ4n) is 4.67. The number of hydrogen-bond acceptors (Lipinski definition) is 4. The number of alkyl carbamates (subject to hydrolysis) is 1. The maximum Gasteiger partial charge on any atom is 0.408 e. The molecule has 2 fully saturated rings. The highest BCUT2D eigenvalue weighted by molar-refractivity contribution is 6.17. The zero-order chi connectivity index (χ0) is 21.8. The number of carbonyl (C=O) groups is 1. The molecule has 2 saturated carbocycles. The van der Waals surface area contributed by atoms with Crippen molar-refractivity contribution < 1.29 is 18.3 Å². The Hall–Kier alpha value is -2.57. The summed E-state index contributed by atoms with van der Waals surface area (Å²) < 4.78 is 33.6. The van der Waals surface area contributed by atoms with Gasteiger partial charge in [-0.25, -0.2) is 13.6 Å². The molecule has 7 heteroatoms. The molecule has 5 nitrogen and oxygen atoms in total. The molecule has 2 atom stereocenters. The molecule has 0 saturated heterocycles. The molecule has 1 aromatic rings. The highest BCUT2D eigenvalue weighted by atomic mass is 19.1. The third-order valence-corrected chi connectivity index (χ3v) is 6.12. The third kappa shape index (κ3) is 3.36. The number of ether oxygens (including phenoxy) is 1. The van der Waals surface area contributed by atoms with Crippen LogP contribution in [-0.2, 0) is 4.74 Å². The molecular formula is C22H27F2N3O2. The van der Waals surface area contributed by atoms with Crippen molar-refractivity contribution in [3.05, 3.63) is 47.0 Å². The first-order valence-electron chi connectivity index (χ1n) is 9.65. The standard InChI is InChI=1S/C22H27F2N3O2/c1-20(2,3)29-19(28)27-22-10-9-13(21(22,4)5)12(18(22)26)11-16(25)17-14(23)7-6-8-15(17)24/h6-8,11,13,25-26H,9-10H2,1-5H3,(H,27,28)/b12-11-,25-16?,26-18?/t13-,22-/m1/s1. The van der Waals surface area contributed by atoms with Gasteiger partial charge >= 0.3 is 6.09 Å². The molecule has 1 aromatic carbocycles. The van der Waals surface area contributed by atoms with Crippen LogP contribution in [0.4, 0.5) is 13.6 Å². The first-order chi connectivity index (χ1) is 13.3. The Morgan fingerprint density at radius 2 is 1.86 bits per heavy atom. The van der Waals surface area contributed by atoms with Crippen LogP contribution in [0.5, 0.6) is 0 Å². The number of hydrogen-bond donors (Lipinski definition) is 3. The van der Waals surface area contributed by atoms with Crippen molar-refractivity contribution in [1.29, 1.82) is 10.8 Å². The smallest absolute Gasteiger partial charge is 0.408 e. The summed E-state index contributed by atoms with van der Waals surface area (Å²) in [7, 11) is 0. The lowest BCUT2D eigenvalue weighted by molar-refractivity contribution is 0.0435. The quantitative estimate of drug-likeness (QED) is 0.621. The van der Waals surface area contributed by atoms with Crippen LogP contribution in [0.15, 0.2) is 29.8 Å². The van der Waals surface area contributed by atoms with E-state index in [-0.39, 0.29) is 17.3 Å². The van der Waals surface area contributed by atoms with Gasteiger partial charge in [0, 0.05) is 5.41 Å². The summed E-state index contributed by atoms with van der Waals surface area (Å²) in [5.74, 6) is -1.75. The van der Waals surface area contributed by atoms with E-state index in [1.54, 1.807) is 20.8 Å². The summed E-state index contributed by atoms with van der Waals surface area (Å²) in [6, 6.07) is 3.46. The van der Waals surface area contributed by atoms with Crippen molar-refractivity contribution in [2.24, 2.45) is 11.3 Å². The topological polar surface area (TPSA) is 86.0 Å². The minimum absolute atomic E-state index is 0.111. The SMILES string of the molecule is CC(C)(C)OC(=O)N[C@]12CC[C@H](/C(=C/C(=N)c3c(F)cccc3F)C1=N)C2(C)C. The van der Waals surface area contributed by atoms with Gasteiger partial charge < -0.3 is 20.9 Å². The summed E-state index contributed by atoms with van der Waals surface area (Å²) in [5.41, 5.74) is -2.15. The van der Waals surface area contributed by atoms with Crippen LogP contribution >= 0.6 is 0 Å². The van der Waals surface area contributed by atoms with Crippen LogP contribution in [0.2, 0.25) is 0 Å². The Morgan fingerprint density at radius 3 is 2.41 bits per heavy atom. The van der Waals surface area contributed by atoms with E-state index in [0.29, 0.717) is 18.4 Å². The summed E-state index contributed by atoms with van der Waals surface area (Å²) in [5, 5.41) is 19.9. The second-order valence-electron chi connectivity index (χ2n) is 9.33. The Kier molecular flexibility index (Phi) is 4.92. The first kappa shape index (κ1) is 21.1. The monoisotopic (exact) mass is 403 g/mol. The molecule has 2 aliphatic carbocycles. The normalized spacial score (nSPS) is 26.7. The van der Waals surface area contributed by atoms with Gasteiger partial charge in [0.15, 0.2) is 0 Å². The van der Waals surface area contributed by atoms with E-state index in [2.05, 4.69) is 5.32 Å². The minimum atomic E-state index is -0.945. The summed E-state index contributed by atoms with van der Waals surface area (Å²) in [6.45, 7) is 9.22. The predicted molar refractivity (Wildman–Crippen MR) is 108 cm³/mol. The molecule has 0 aliphatic heterocycles. The van der Waals surface area contributed by atoms with Gasteiger partial charge in [-0.05, 0) is 63.3 Å². The molecule has 3 rings (SSSR count). The lowest BCUT2D eigenvalue weighted by Gasteiger charge is -2.38. The summed E-state index contributed by atoms with van der Waals surface area (Å²) >= 11 is 0. The number of allylic oxidation sites excluding steroid dienone is 1. The fourth-order valence-corrected chi connectivity index (χ4v) is 4.67. The molecule has 2 aliphatic rings. The van der Waals surface area contributed by atoms with Gasteiger partial charge in [-0.2, -0.15) is 0 Å². The number of benzene rings is 1. The number of rotatable bonds is 3. The van der Waals surface area contributed by atoms with Crippen LogP contribution in [-0.4, -0.2) is 28.7 Å². The van der Waals surface area contributed by atoms with Gasteiger partial charge in [0.25, 0.3) is 0 Å². The molecule has 0 spiro atoms. The average molecular weight is 403 g/mol. The molecule has 2 bridgehead atoms. The lowest BCUT2D eigenvalue weighted by Crippen LogP contribution is -2.58. The van der Waals surface area contributed by atoms with E-state index in [1.807, 2.05) is 13.8 Å². The van der Waals surface area contributed by atoms with Gasteiger partial charge in [0.1, 0.15) is 17.2 Å². The number of halogens is 2. The maximum absolute atomic E-state index is 14.1. The Balaban J connectivity index is 1.96. The summed E-state index contributed by atoms with van der Waals surface area (Å²) in [4.78, 5) is 12.5. The van der Waals surface area contributed by atoms with Crippen molar-refractivity contribution in [3.63, 3.8) is 0 Å². The van der Waals surface area contributed by atoms with Crippen LogP contribution in [0.25, 0.3) is 0 Å². The average Bonchev–Trinajstić information content (AvgIpc) is 2.88. The van der Waals surface area contributed by atoms with E-state index in [1.165, 1.54) is 12.1 Å². The second kappa shape index (κ2) is 6.75. The van der Waals surface area contributed by atoms with Gasteiger partial charge in [-0.3, -0.25) is 0 Å². The fraction of sp³-hybridized carbons (Fsp3) is 0.500. The molecule has 0 aromatic heterocycles. The van der Waals surface area contributed by atoms with E-state index < -0.39 is 39.8 Å². The van der Waals surface area contributed by atoms with Gasteiger partial charge in [-0.1, -0.05) is 19.9 Å². The number of nitrogens with one attached hydrogen (secondary N) is 3. The van der Waals surface area contributed by atoms with E-state index in [0.717, 1.165) is 12.1 Å². The lowest BCUT2D eigenvalue weighted by atomic mass is 9.76. The van der Waals surface area contributed by atoms with Crippen molar-refractivity contribution >= 4 is 17.5 Å². The highest BCUT2D eigenvalue weighted by Crippen LogP contribution is 2.60.